The van der Waals surface area contributed by atoms with Gasteiger partial charge in [-0.15, -0.1) is 0 Å². The molecule has 4 heteroatoms. The van der Waals surface area contributed by atoms with Gasteiger partial charge in [0, 0.05) is 38.6 Å². The molecule has 0 aliphatic carbocycles. The molecule has 0 unspecified atom stereocenters. The number of anilines is 2. The summed E-state index contributed by atoms with van der Waals surface area (Å²) < 4.78 is 0. The highest BCUT2D eigenvalue weighted by molar-refractivity contribution is 5.80. The Hall–Kier alpha value is -1.71. The van der Waals surface area contributed by atoms with Crippen LogP contribution in [-0.2, 0) is 4.79 Å². The molecule has 1 amide bonds. The molecule has 4 nitrogen and oxygen atoms in total. The highest BCUT2D eigenvalue weighted by atomic mass is 16.2. The van der Waals surface area contributed by atoms with Crippen LogP contribution in [0, 0.1) is 0 Å². The van der Waals surface area contributed by atoms with Gasteiger partial charge in [-0.2, -0.15) is 0 Å². The van der Waals surface area contributed by atoms with E-state index in [4.69, 9.17) is 0 Å². The van der Waals surface area contributed by atoms with Crippen LogP contribution in [0.25, 0.3) is 0 Å². The molecule has 0 aliphatic rings. The average Bonchev–Trinajstić information content (AvgIpc) is 2.38. The Bertz CT molecular complexity index is 369. The van der Waals surface area contributed by atoms with Crippen molar-refractivity contribution < 1.29 is 4.79 Å². The molecule has 0 atom stereocenters. The van der Waals surface area contributed by atoms with Crippen molar-refractivity contribution in [1.29, 1.82) is 0 Å². The van der Waals surface area contributed by atoms with Gasteiger partial charge in [0.05, 0.1) is 6.54 Å². The summed E-state index contributed by atoms with van der Waals surface area (Å²) >= 11 is 0. The van der Waals surface area contributed by atoms with Crippen molar-refractivity contribution in [1.82, 2.24) is 4.90 Å². The van der Waals surface area contributed by atoms with Gasteiger partial charge in [-0.3, -0.25) is 4.79 Å². The van der Waals surface area contributed by atoms with E-state index in [0.29, 0.717) is 6.54 Å². The molecule has 100 valence electrons. The largest absolute Gasteiger partial charge is 0.376 e. The van der Waals surface area contributed by atoms with E-state index in [1.165, 1.54) is 5.69 Å². The summed E-state index contributed by atoms with van der Waals surface area (Å²) in [5.74, 6) is 0.0721. The SMILES string of the molecule is CCN(CC)c1ccc(NCC(=O)N(C)C)cc1. The number of hydrogen-bond donors (Lipinski definition) is 1. The van der Waals surface area contributed by atoms with Crippen LogP contribution in [0.2, 0.25) is 0 Å². The van der Waals surface area contributed by atoms with Gasteiger partial charge in [0.25, 0.3) is 0 Å². The summed E-state index contributed by atoms with van der Waals surface area (Å²) in [4.78, 5) is 15.3. The second-order valence-corrected chi connectivity index (χ2v) is 4.36. The second-order valence-electron chi connectivity index (χ2n) is 4.36. The second kappa shape index (κ2) is 6.89. The molecule has 0 bridgehead atoms. The molecule has 1 aromatic rings. The maximum atomic E-state index is 11.4. The highest BCUT2D eigenvalue weighted by Gasteiger charge is 2.04. The van der Waals surface area contributed by atoms with Gasteiger partial charge in [0.15, 0.2) is 0 Å². The van der Waals surface area contributed by atoms with Gasteiger partial charge in [-0.25, -0.2) is 0 Å². The fraction of sp³-hybridized carbons (Fsp3) is 0.500. The number of amides is 1. The standard InChI is InChI=1S/C14H23N3O/c1-5-17(6-2)13-9-7-12(8-10-13)15-11-14(18)16(3)4/h7-10,15H,5-6,11H2,1-4H3. The lowest BCUT2D eigenvalue weighted by atomic mass is 10.2. The third-order valence-electron chi connectivity index (χ3n) is 2.94. The predicted octanol–water partition coefficient (Wildman–Crippen LogP) is 2.03. The minimum absolute atomic E-state index is 0.0721. The Labute approximate surface area is 110 Å². The first-order valence-corrected chi connectivity index (χ1v) is 6.37. The van der Waals surface area contributed by atoms with Gasteiger partial charge in [-0.05, 0) is 38.1 Å². The number of benzene rings is 1. The summed E-state index contributed by atoms with van der Waals surface area (Å²) in [5, 5.41) is 3.12. The number of carbonyl (C=O) groups excluding carboxylic acids is 1. The average molecular weight is 249 g/mol. The highest BCUT2D eigenvalue weighted by Crippen LogP contribution is 2.17. The molecule has 0 fully saturated rings. The van der Waals surface area contributed by atoms with Crippen molar-refractivity contribution in [3.63, 3.8) is 0 Å². The fourth-order valence-corrected chi connectivity index (χ4v) is 1.71. The van der Waals surface area contributed by atoms with Crippen molar-refractivity contribution in [3.05, 3.63) is 24.3 Å². The third-order valence-corrected chi connectivity index (χ3v) is 2.94. The van der Waals surface area contributed by atoms with Crippen molar-refractivity contribution in [2.24, 2.45) is 0 Å². The first-order valence-electron chi connectivity index (χ1n) is 6.37. The van der Waals surface area contributed by atoms with E-state index in [1.807, 2.05) is 12.1 Å². The quantitative estimate of drug-likeness (QED) is 0.838. The molecule has 1 aromatic carbocycles. The minimum Gasteiger partial charge on any atom is -0.376 e. The van der Waals surface area contributed by atoms with E-state index in [2.05, 4.69) is 36.2 Å². The number of nitrogens with zero attached hydrogens (tertiary/aromatic N) is 2. The topological polar surface area (TPSA) is 35.6 Å². The van der Waals surface area contributed by atoms with Gasteiger partial charge >= 0.3 is 0 Å². The van der Waals surface area contributed by atoms with Crippen LogP contribution < -0.4 is 10.2 Å². The lowest BCUT2D eigenvalue weighted by molar-refractivity contribution is -0.126. The monoisotopic (exact) mass is 249 g/mol. The molecule has 0 saturated heterocycles. The molecule has 1 rings (SSSR count). The maximum absolute atomic E-state index is 11.4. The number of carbonyl (C=O) groups is 1. The fourth-order valence-electron chi connectivity index (χ4n) is 1.71. The summed E-state index contributed by atoms with van der Waals surface area (Å²) in [6.07, 6.45) is 0. The smallest absolute Gasteiger partial charge is 0.241 e. The molecule has 0 heterocycles. The van der Waals surface area contributed by atoms with Gasteiger partial charge in [0.1, 0.15) is 0 Å². The summed E-state index contributed by atoms with van der Waals surface area (Å²) in [5.41, 5.74) is 2.19. The molecule has 0 radical (unpaired) electrons. The van der Waals surface area contributed by atoms with Crippen LogP contribution in [0.5, 0.6) is 0 Å². The summed E-state index contributed by atoms with van der Waals surface area (Å²) in [6.45, 7) is 6.62. The third kappa shape index (κ3) is 3.95. The molecule has 1 N–H and O–H groups in total. The molecular formula is C14H23N3O. The van der Waals surface area contributed by atoms with Crippen LogP contribution in [0.4, 0.5) is 11.4 Å². The molecular weight excluding hydrogens is 226 g/mol. The van der Waals surface area contributed by atoms with Gasteiger partial charge < -0.3 is 15.1 Å². The Morgan fingerprint density at radius 3 is 2.11 bits per heavy atom. The zero-order valence-corrected chi connectivity index (χ0v) is 11.7. The first kappa shape index (κ1) is 14.4. The van der Waals surface area contributed by atoms with E-state index in [0.717, 1.165) is 18.8 Å². The maximum Gasteiger partial charge on any atom is 0.241 e. The van der Waals surface area contributed by atoms with E-state index in [-0.39, 0.29) is 5.91 Å². The number of nitrogens with one attached hydrogen (secondary N) is 1. The lowest BCUT2D eigenvalue weighted by Crippen LogP contribution is -2.28. The zero-order chi connectivity index (χ0) is 13.5. The van der Waals surface area contributed by atoms with Crippen molar-refractivity contribution in [2.75, 3.05) is 43.9 Å². The van der Waals surface area contributed by atoms with E-state index in [1.54, 1.807) is 19.0 Å². The molecule has 0 saturated carbocycles. The number of hydrogen-bond acceptors (Lipinski definition) is 3. The molecule has 0 aliphatic heterocycles. The molecule has 0 aromatic heterocycles. The molecule has 0 spiro atoms. The number of rotatable bonds is 6. The number of likely N-dealkylation sites (N-methyl/N-ethyl adjacent to an activating group) is 1. The van der Waals surface area contributed by atoms with Crippen LogP contribution in [0.3, 0.4) is 0 Å². The predicted molar refractivity (Wildman–Crippen MR) is 77.2 cm³/mol. The first-order chi connectivity index (χ1) is 8.58. The van der Waals surface area contributed by atoms with Crippen LogP contribution >= 0.6 is 0 Å². The lowest BCUT2D eigenvalue weighted by Gasteiger charge is -2.21. The van der Waals surface area contributed by atoms with E-state index in [9.17, 15) is 4.79 Å². The van der Waals surface area contributed by atoms with Crippen molar-refractivity contribution >= 4 is 17.3 Å². The van der Waals surface area contributed by atoms with Crippen LogP contribution in [0.1, 0.15) is 13.8 Å². The van der Waals surface area contributed by atoms with Gasteiger partial charge in [-0.1, -0.05) is 0 Å². The minimum atomic E-state index is 0.0721. The van der Waals surface area contributed by atoms with Gasteiger partial charge in [0.2, 0.25) is 5.91 Å². The van der Waals surface area contributed by atoms with E-state index < -0.39 is 0 Å². The Balaban J connectivity index is 2.58. The van der Waals surface area contributed by atoms with Crippen molar-refractivity contribution in [2.45, 2.75) is 13.8 Å². The normalized spacial score (nSPS) is 10.0. The Morgan fingerprint density at radius 2 is 1.67 bits per heavy atom. The summed E-state index contributed by atoms with van der Waals surface area (Å²) in [6, 6.07) is 8.18. The Morgan fingerprint density at radius 1 is 1.11 bits per heavy atom. The van der Waals surface area contributed by atoms with Crippen LogP contribution in [0.15, 0.2) is 24.3 Å². The summed E-state index contributed by atoms with van der Waals surface area (Å²) in [7, 11) is 3.51. The van der Waals surface area contributed by atoms with E-state index >= 15 is 0 Å². The molecule has 18 heavy (non-hydrogen) atoms. The van der Waals surface area contributed by atoms with Crippen molar-refractivity contribution in [3.8, 4) is 0 Å². The zero-order valence-electron chi connectivity index (χ0n) is 11.7. The van der Waals surface area contributed by atoms with Crippen LogP contribution in [-0.4, -0.2) is 44.5 Å². The Kier molecular flexibility index (Phi) is 5.49.